The van der Waals surface area contributed by atoms with E-state index in [1.807, 2.05) is 64.0 Å². The van der Waals surface area contributed by atoms with Crippen molar-refractivity contribution in [3.63, 3.8) is 0 Å². The molecule has 0 radical (unpaired) electrons. The third-order valence-electron chi connectivity index (χ3n) is 3.66. The Morgan fingerprint density at radius 2 is 1.57 bits per heavy atom. The number of rotatable bonds is 2. The zero-order valence-corrected chi connectivity index (χ0v) is 16.0. The molecule has 0 saturated carbocycles. The summed E-state index contributed by atoms with van der Waals surface area (Å²) in [5.41, 5.74) is -1.80. The molecule has 4 nitrogen and oxygen atoms in total. The Morgan fingerprint density at radius 3 is 1.96 bits per heavy atom. The summed E-state index contributed by atoms with van der Waals surface area (Å²) in [6, 6.07) is 9.05. The van der Waals surface area contributed by atoms with Crippen LogP contribution in [-0.4, -0.2) is 30.8 Å². The predicted molar refractivity (Wildman–Crippen MR) is 94.8 cm³/mol. The number of halogens is 1. The highest BCUT2D eigenvalue weighted by molar-refractivity contribution is 7.95. The Bertz CT molecular complexity index is 622. The fourth-order valence-electron chi connectivity index (χ4n) is 2.66. The van der Waals surface area contributed by atoms with E-state index < -0.39 is 21.9 Å². The zero-order valence-electron chi connectivity index (χ0n) is 14.4. The Hall–Kier alpha value is -1.04. The number of amides is 1. The van der Waals surface area contributed by atoms with E-state index in [2.05, 4.69) is 0 Å². The van der Waals surface area contributed by atoms with Gasteiger partial charge in [-0.1, -0.05) is 30.3 Å². The third kappa shape index (κ3) is 2.90. The molecule has 1 aliphatic heterocycles. The minimum Gasteiger partial charge on any atom is -0.278 e. The normalized spacial score (nSPS) is 23.4. The first-order chi connectivity index (χ1) is 10.4. The second kappa shape index (κ2) is 5.80. The van der Waals surface area contributed by atoms with Gasteiger partial charge in [-0.15, -0.1) is 0 Å². The molecule has 1 aromatic carbocycles. The molecule has 1 atom stereocenters. The molecule has 0 spiro atoms. The summed E-state index contributed by atoms with van der Waals surface area (Å²) in [6.07, 6.45) is 0. The number of nitrogens with zero attached hydrogens (tertiary/aromatic N) is 2. The van der Waals surface area contributed by atoms with E-state index in [1.54, 1.807) is 16.4 Å². The molecule has 1 aliphatic rings. The lowest BCUT2D eigenvalue weighted by atomic mass is 9.86. The lowest BCUT2D eigenvalue weighted by Crippen LogP contribution is -2.56. The van der Waals surface area contributed by atoms with Gasteiger partial charge < -0.3 is 0 Å². The molecule has 1 fully saturated rings. The van der Waals surface area contributed by atoms with E-state index in [0.717, 1.165) is 0 Å². The van der Waals surface area contributed by atoms with Gasteiger partial charge in [0.1, 0.15) is 0 Å². The average Bonchev–Trinajstić information content (AvgIpc) is 2.74. The molecule has 6 heteroatoms. The maximum atomic E-state index is 13.3. The van der Waals surface area contributed by atoms with Gasteiger partial charge in [-0.2, -0.15) is 4.31 Å². The van der Waals surface area contributed by atoms with Crippen LogP contribution in [0.15, 0.2) is 30.3 Å². The van der Waals surface area contributed by atoms with E-state index in [1.165, 1.54) is 12.1 Å². The lowest BCUT2D eigenvalue weighted by Gasteiger charge is -2.39. The molecule has 1 aromatic rings. The number of carbonyl (C=O) groups is 2. The van der Waals surface area contributed by atoms with Crippen LogP contribution in [0, 0.1) is 0 Å². The first-order valence-corrected chi connectivity index (χ1v) is 8.63. The smallest absolute Gasteiger partial charge is 0.269 e. The van der Waals surface area contributed by atoms with Crippen molar-refractivity contribution < 1.29 is 9.59 Å². The van der Waals surface area contributed by atoms with Crippen molar-refractivity contribution in [2.24, 2.45) is 0 Å². The highest BCUT2D eigenvalue weighted by Gasteiger charge is 2.64. The standard InChI is InChI=1S/C17H23ClN2O2S/c1-15(2,3)19-14(22)17(13(18)21,12-10-8-7-9-11-12)20(23-19)16(4,5)6/h7-11H,1-6H3. The summed E-state index contributed by atoms with van der Waals surface area (Å²) in [5, 5.41) is -0.678. The minimum atomic E-state index is -1.51. The fourth-order valence-corrected chi connectivity index (χ4v) is 4.24. The summed E-state index contributed by atoms with van der Waals surface area (Å²) in [4.78, 5) is 25.9. The molecule has 1 amide bonds. The van der Waals surface area contributed by atoms with Crippen LogP contribution < -0.4 is 0 Å². The highest BCUT2D eigenvalue weighted by atomic mass is 35.5. The summed E-state index contributed by atoms with van der Waals surface area (Å²) >= 11 is 7.32. The van der Waals surface area contributed by atoms with Gasteiger partial charge in [-0.25, -0.2) is 0 Å². The van der Waals surface area contributed by atoms with E-state index in [0.29, 0.717) is 5.56 Å². The van der Waals surface area contributed by atoms with Crippen molar-refractivity contribution in [3.8, 4) is 0 Å². The number of hydrogen-bond donors (Lipinski definition) is 0. The van der Waals surface area contributed by atoms with Gasteiger partial charge in [-0.3, -0.25) is 13.9 Å². The van der Waals surface area contributed by atoms with E-state index in [4.69, 9.17) is 11.6 Å². The molecule has 0 aliphatic carbocycles. The Kier molecular flexibility index (Phi) is 4.61. The van der Waals surface area contributed by atoms with Crippen LogP contribution in [0.3, 0.4) is 0 Å². The van der Waals surface area contributed by atoms with Gasteiger partial charge in [0, 0.05) is 23.2 Å². The largest absolute Gasteiger partial charge is 0.278 e. The first-order valence-electron chi connectivity index (χ1n) is 7.52. The molecule has 23 heavy (non-hydrogen) atoms. The molecule has 1 unspecified atom stereocenters. The van der Waals surface area contributed by atoms with Crippen LogP contribution >= 0.6 is 23.7 Å². The van der Waals surface area contributed by atoms with E-state index in [-0.39, 0.29) is 5.91 Å². The molecule has 1 saturated heterocycles. The molecule has 0 bridgehead atoms. The van der Waals surface area contributed by atoms with Gasteiger partial charge in [-0.05, 0) is 58.7 Å². The quantitative estimate of drug-likeness (QED) is 0.458. The summed E-state index contributed by atoms with van der Waals surface area (Å²) in [6.45, 7) is 11.7. The van der Waals surface area contributed by atoms with Gasteiger partial charge in [0.25, 0.3) is 11.1 Å². The lowest BCUT2D eigenvalue weighted by molar-refractivity contribution is -0.143. The number of hydrogen-bond acceptors (Lipinski definition) is 4. The molecule has 1 heterocycles. The first kappa shape index (κ1) is 18.3. The molecule has 2 rings (SSSR count). The van der Waals surface area contributed by atoms with Crippen molar-refractivity contribution >= 4 is 34.9 Å². The Labute approximate surface area is 147 Å². The zero-order chi connectivity index (χ0) is 17.6. The number of benzene rings is 1. The molecule has 126 valence electrons. The van der Waals surface area contributed by atoms with Crippen LogP contribution in [0.1, 0.15) is 47.1 Å². The van der Waals surface area contributed by atoms with E-state index in [9.17, 15) is 9.59 Å². The average molecular weight is 355 g/mol. The van der Waals surface area contributed by atoms with Gasteiger partial charge >= 0.3 is 0 Å². The van der Waals surface area contributed by atoms with Crippen LogP contribution in [0.4, 0.5) is 0 Å². The van der Waals surface area contributed by atoms with Crippen LogP contribution in [0.5, 0.6) is 0 Å². The molecule has 0 N–H and O–H groups in total. The predicted octanol–water partition coefficient (Wildman–Crippen LogP) is 3.95. The maximum Gasteiger partial charge on any atom is 0.269 e. The van der Waals surface area contributed by atoms with Crippen molar-refractivity contribution in [1.82, 2.24) is 8.61 Å². The second-order valence-electron chi connectivity index (χ2n) is 7.67. The monoisotopic (exact) mass is 354 g/mol. The van der Waals surface area contributed by atoms with Crippen molar-refractivity contribution in [1.29, 1.82) is 0 Å². The summed E-state index contributed by atoms with van der Waals surface area (Å²) in [7, 11) is 0. The maximum absolute atomic E-state index is 13.3. The minimum absolute atomic E-state index is 0.295. The highest BCUT2D eigenvalue weighted by Crippen LogP contribution is 2.52. The van der Waals surface area contributed by atoms with Crippen molar-refractivity contribution in [3.05, 3.63) is 35.9 Å². The number of carbonyl (C=O) groups excluding carboxylic acids is 2. The van der Waals surface area contributed by atoms with Gasteiger partial charge in [0.05, 0.1) is 0 Å². The topological polar surface area (TPSA) is 40.6 Å². The van der Waals surface area contributed by atoms with Crippen molar-refractivity contribution in [2.45, 2.75) is 58.2 Å². The van der Waals surface area contributed by atoms with Crippen LogP contribution in [-0.2, 0) is 15.1 Å². The molecular formula is C17H23ClN2O2S. The summed E-state index contributed by atoms with van der Waals surface area (Å²) in [5.74, 6) is -0.295. The van der Waals surface area contributed by atoms with Gasteiger partial charge in [0.15, 0.2) is 0 Å². The fraction of sp³-hybridized carbons (Fsp3) is 0.529. The van der Waals surface area contributed by atoms with Crippen LogP contribution in [0.25, 0.3) is 0 Å². The second-order valence-corrected chi connectivity index (χ2v) is 8.90. The Morgan fingerprint density at radius 1 is 1.04 bits per heavy atom. The van der Waals surface area contributed by atoms with Gasteiger partial charge in [0.2, 0.25) is 5.54 Å². The van der Waals surface area contributed by atoms with Crippen LogP contribution in [0.2, 0.25) is 0 Å². The third-order valence-corrected chi connectivity index (χ3v) is 5.79. The SMILES string of the molecule is CC(C)(C)N1SN(C(C)(C)C)C(C(=O)Cl)(c2ccccc2)C1=O. The van der Waals surface area contributed by atoms with Crippen molar-refractivity contribution in [2.75, 3.05) is 0 Å². The molecular weight excluding hydrogens is 332 g/mol. The van der Waals surface area contributed by atoms with E-state index >= 15 is 0 Å². The summed E-state index contributed by atoms with van der Waals surface area (Å²) < 4.78 is 3.46. The Balaban J connectivity index is 2.75. The molecule has 0 aromatic heterocycles.